The quantitative estimate of drug-likeness (QED) is 0.467. The van der Waals surface area contributed by atoms with Gasteiger partial charge in [0.1, 0.15) is 0 Å². The van der Waals surface area contributed by atoms with Gasteiger partial charge in [-0.05, 0) is 0 Å². The number of rotatable bonds is 0. The maximum Gasteiger partial charge on any atom is 4.00 e. The van der Waals surface area contributed by atoms with Crippen LogP contribution in [0.25, 0.3) is 0 Å². The molecule has 0 amide bonds. The van der Waals surface area contributed by atoms with E-state index in [0.29, 0.717) is 0 Å². The molecule has 0 N–H and O–H groups in total. The molecule has 0 aliphatic carbocycles. The first-order chi connectivity index (χ1) is 0. The Morgan fingerprint density at radius 2 is 0.750 bits per heavy atom. The molecule has 0 bridgehead atoms. The summed E-state index contributed by atoms with van der Waals surface area (Å²) in [5.74, 6) is 0. The molecular weight excluding hydrogens is 403 g/mol. The van der Waals surface area contributed by atoms with Crippen LogP contribution in [0.1, 0.15) is 0 Å². The van der Waals surface area contributed by atoms with E-state index in [1.807, 2.05) is 0 Å². The van der Waals surface area contributed by atoms with Gasteiger partial charge in [0, 0.05) is 0 Å². The normalized spacial score (nSPS) is 0. The van der Waals surface area contributed by atoms with Crippen molar-refractivity contribution in [3.63, 3.8) is 0 Å². The minimum atomic E-state index is 0. The predicted molar refractivity (Wildman–Crippen MR) is 11.5 cm³/mol. The summed E-state index contributed by atoms with van der Waals surface area (Å²) in [6, 6.07) is 0. The van der Waals surface area contributed by atoms with E-state index in [-0.39, 0.29) is 78.2 Å². The van der Waals surface area contributed by atoms with Gasteiger partial charge in [0.2, 0.25) is 0 Å². The average Bonchev–Trinajstić information content (AvgIpc) is 0. The molecule has 4 heteroatoms. The van der Waals surface area contributed by atoms with Crippen LogP contribution in [0.2, 0.25) is 0 Å². The van der Waals surface area contributed by atoms with E-state index in [9.17, 15) is 0 Å². The van der Waals surface area contributed by atoms with Crippen molar-refractivity contribution in [1.29, 1.82) is 0 Å². The molecule has 0 aliphatic heterocycles. The van der Waals surface area contributed by atoms with E-state index in [2.05, 4.69) is 0 Å². The molecule has 24 valence electrons. The third kappa shape index (κ3) is 8.82. The Morgan fingerprint density at radius 1 is 0.750 bits per heavy atom. The molecule has 0 fully saturated rings. The minimum Gasteiger partial charge on any atom is -2.00 e. The minimum absolute atomic E-state index is 0. The largest absolute Gasteiger partial charge is 4.00 e. The maximum atomic E-state index is 0. The standard InChI is InChI=1S/Au.2Se.Ti/q+3;2*-2;+4. The fourth-order valence-electron chi connectivity index (χ4n) is 0. The second-order valence-electron chi connectivity index (χ2n) is 0. The van der Waals surface area contributed by atoms with E-state index in [0.717, 1.165) is 0 Å². The van der Waals surface area contributed by atoms with Crippen molar-refractivity contribution in [3.05, 3.63) is 0 Å². The Labute approximate surface area is 77.2 Å². The second-order valence-corrected chi connectivity index (χ2v) is 0. The van der Waals surface area contributed by atoms with Crippen LogP contribution in [0.3, 0.4) is 0 Å². The first-order valence-corrected chi connectivity index (χ1v) is 0. The third-order valence-corrected chi connectivity index (χ3v) is 0. The molecule has 0 unspecified atom stereocenters. The van der Waals surface area contributed by atoms with Crippen LogP contribution >= 0.6 is 0 Å². The van der Waals surface area contributed by atoms with Gasteiger partial charge >= 0.3 is 44.1 Å². The molecule has 0 radical (unpaired) electrons. The van der Waals surface area contributed by atoms with Crippen molar-refractivity contribution in [2.24, 2.45) is 0 Å². The van der Waals surface area contributed by atoms with Gasteiger partial charge in [0.05, 0.1) is 0 Å². The van der Waals surface area contributed by atoms with Crippen LogP contribution in [0, 0.1) is 0 Å². The Morgan fingerprint density at radius 3 is 0.750 bits per heavy atom. The molecule has 0 atom stereocenters. The van der Waals surface area contributed by atoms with Crippen LogP contribution in [0.15, 0.2) is 0 Å². The zero-order valence-corrected chi connectivity index (χ0v) is 8.77. The molecule has 0 saturated heterocycles. The Hall–Kier alpha value is 2.49. The van der Waals surface area contributed by atoms with Gasteiger partial charge in [-0.15, -0.1) is 0 Å². The van der Waals surface area contributed by atoms with E-state index in [4.69, 9.17) is 0 Å². The summed E-state index contributed by atoms with van der Waals surface area (Å²) in [5.41, 5.74) is 0. The molecule has 0 nitrogen and oxygen atoms in total. The molecule has 0 aromatic rings. The summed E-state index contributed by atoms with van der Waals surface area (Å²) in [4.78, 5) is 0. The van der Waals surface area contributed by atoms with Crippen LogP contribution < -0.4 is 0 Å². The summed E-state index contributed by atoms with van der Waals surface area (Å²) in [7, 11) is 0. The third-order valence-electron chi connectivity index (χ3n) is 0. The van der Waals surface area contributed by atoms with Gasteiger partial charge in [-0.2, -0.15) is 0 Å². The molecule has 0 aromatic carbocycles. The fourth-order valence-corrected chi connectivity index (χ4v) is 0. The summed E-state index contributed by atoms with van der Waals surface area (Å²) < 4.78 is 0. The van der Waals surface area contributed by atoms with Crippen LogP contribution in [0.4, 0.5) is 0 Å². The summed E-state index contributed by atoms with van der Waals surface area (Å²) >= 11 is 0. The van der Waals surface area contributed by atoms with Gasteiger partial charge in [-0.1, -0.05) is 0 Å². The van der Waals surface area contributed by atoms with Gasteiger partial charge in [-0.25, -0.2) is 0 Å². The zero-order valence-electron chi connectivity index (χ0n) is 1.62. The van der Waals surface area contributed by atoms with Gasteiger partial charge < -0.3 is 34.1 Å². The SMILES string of the molecule is [Au+3].[Se-2].[Se-2].[Ti+4]. The van der Waals surface area contributed by atoms with Crippen LogP contribution in [-0.4, -0.2) is 34.1 Å². The van der Waals surface area contributed by atoms with E-state index in [1.165, 1.54) is 0 Å². The molecule has 0 aliphatic rings. The molecule has 4 heavy (non-hydrogen) atoms. The predicted octanol–water partition coefficient (Wildman–Crippen LogP) is -0.767. The van der Waals surface area contributed by atoms with E-state index >= 15 is 0 Å². The van der Waals surface area contributed by atoms with Crippen molar-refractivity contribution in [2.75, 3.05) is 0 Å². The molecule has 0 saturated carbocycles. The summed E-state index contributed by atoms with van der Waals surface area (Å²) in [6.45, 7) is 0. The van der Waals surface area contributed by atoms with E-state index < -0.39 is 0 Å². The Kier molecular flexibility index (Phi) is 141. The Bertz CT molecular complexity index is 6.00. The summed E-state index contributed by atoms with van der Waals surface area (Å²) in [6.07, 6.45) is 0. The fraction of sp³-hybridized carbons (Fsp3) is 0. The van der Waals surface area contributed by atoms with Gasteiger partial charge in [0.15, 0.2) is 0 Å². The molecule has 0 spiro atoms. The zero-order chi connectivity index (χ0) is 0. The first kappa shape index (κ1) is 31.5. The van der Waals surface area contributed by atoms with Gasteiger partial charge in [-0.3, -0.25) is 0 Å². The van der Waals surface area contributed by atoms with Crippen LogP contribution in [-0.2, 0) is 44.1 Å². The summed E-state index contributed by atoms with van der Waals surface area (Å²) in [5, 5.41) is 0. The number of hydrogen-bond acceptors (Lipinski definition) is 0. The first-order valence-electron chi connectivity index (χ1n) is 0. The van der Waals surface area contributed by atoms with Gasteiger partial charge in [0.25, 0.3) is 0 Å². The monoisotopic (exact) mass is 405 g/mol. The topological polar surface area (TPSA) is 0 Å². The van der Waals surface area contributed by atoms with Crippen molar-refractivity contribution < 1.29 is 44.1 Å². The van der Waals surface area contributed by atoms with Crippen molar-refractivity contribution in [3.8, 4) is 0 Å². The Balaban J connectivity index is 0. The average molecular weight is 403 g/mol. The molecule has 0 heterocycles. The van der Waals surface area contributed by atoms with Crippen molar-refractivity contribution in [1.82, 2.24) is 0 Å². The second kappa shape index (κ2) is 17.8. The van der Waals surface area contributed by atoms with Crippen LogP contribution in [0.5, 0.6) is 0 Å². The maximum absolute atomic E-state index is 0. The smallest absolute Gasteiger partial charge is 2.00 e. The van der Waals surface area contributed by atoms with Crippen molar-refractivity contribution in [2.45, 2.75) is 0 Å². The molecule has 0 aromatic heterocycles. The van der Waals surface area contributed by atoms with Crippen molar-refractivity contribution >= 4 is 34.1 Å². The molecular formula is AuSe2Ti+3. The van der Waals surface area contributed by atoms with E-state index in [1.54, 1.807) is 0 Å². The molecule has 0 rings (SSSR count). The number of hydrogen-bond donors (Lipinski definition) is 0.